The zero-order valence-corrected chi connectivity index (χ0v) is 12.8. The quantitative estimate of drug-likeness (QED) is 0.840. The van der Waals surface area contributed by atoms with E-state index in [9.17, 15) is 14.7 Å². The third kappa shape index (κ3) is 2.32. The topological polar surface area (TPSA) is 66.8 Å². The van der Waals surface area contributed by atoms with Crippen LogP contribution in [-0.4, -0.2) is 46.2 Å². The standard InChI is InChI=1S/C15H25NO4/c1-9-10(2)20-11(3)12(9)13(17)16-8-6-5-7-15(16,4)14(18)19/h9-12H,5-8H2,1-4H3,(H,18,19). The van der Waals surface area contributed by atoms with Gasteiger partial charge in [0.1, 0.15) is 5.54 Å². The van der Waals surface area contributed by atoms with Gasteiger partial charge in [-0.25, -0.2) is 4.79 Å². The van der Waals surface area contributed by atoms with E-state index in [0.717, 1.165) is 12.8 Å². The average Bonchev–Trinajstić information content (AvgIpc) is 2.63. The fraction of sp³-hybridized carbons (Fsp3) is 0.867. The van der Waals surface area contributed by atoms with Crippen molar-refractivity contribution in [1.29, 1.82) is 0 Å². The molecule has 2 aliphatic rings. The van der Waals surface area contributed by atoms with E-state index in [2.05, 4.69) is 0 Å². The average molecular weight is 283 g/mol. The van der Waals surface area contributed by atoms with Crippen LogP contribution in [0.5, 0.6) is 0 Å². The van der Waals surface area contributed by atoms with Crippen molar-refractivity contribution in [3.8, 4) is 0 Å². The number of nitrogens with zero attached hydrogens (tertiary/aromatic N) is 1. The van der Waals surface area contributed by atoms with Gasteiger partial charge >= 0.3 is 5.97 Å². The van der Waals surface area contributed by atoms with Gasteiger partial charge in [0, 0.05) is 6.54 Å². The molecule has 2 fully saturated rings. The molecule has 5 nitrogen and oxygen atoms in total. The molecule has 5 heteroatoms. The largest absolute Gasteiger partial charge is 0.480 e. The first kappa shape index (κ1) is 15.3. The molecule has 20 heavy (non-hydrogen) atoms. The van der Waals surface area contributed by atoms with Crippen LogP contribution in [0.4, 0.5) is 0 Å². The Morgan fingerprint density at radius 3 is 2.35 bits per heavy atom. The second-order valence-electron chi connectivity index (χ2n) is 6.46. The Labute approximate surface area is 120 Å². The predicted octanol–water partition coefficient (Wildman–Crippen LogP) is 1.90. The fourth-order valence-electron chi connectivity index (χ4n) is 3.57. The van der Waals surface area contributed by atoms with Gasteiger partial charge in [0.05, 0.1) is 18.1 Å². The van der Waals surface area contributed by atoms with Gasteiger partial charge in [0.15, 0.2) is 0 Å². The summed E-state index contributed by atoms with van der Waals surface area (Å²) >= 11 is 0. The van der Waals surface area contributed by atoms with Gasteiger partial charge in [0.2, 0.25) is 5.91 Å². The summed E-state index contributed by atoms with van der Waals surface area (Å²) in [7, 11) is 0. The maximum Gasteiger partial charge on any atom is 0.329 e. The lowest BCUT2D eigenvalue weighted by atomic mass is 9.83. The number of aliphatic carboxylic acids is 1. The van der Waals surface area contributed by atoms with Gasteiger partial charge in [-0.3, -0.25) is 4.79 Å². The lowest BCUT2D eigenvalue weighted by molar-refractivity contribution is -0.164. The van der Waals surface area contributed by atoms with Gasteiger partial charge in [-0.15, -0.1) is 0 Å². The summed E-state index contributed by atoms with van der Waals surface area (Å²) in [6.45, 7) is 8.09. The van der Waals surface area contributed by atoms with E-state index in [-0.39, 0.29) is 30.0 Å². The van der Waals surface area contributed by atoms with Crippen molar-refractivity contribution in [3.63, 3.8) is 0 Å². The predicted molar refractivity (Wildman–Crippen MR) is 74.3 cm³/mol. The number of hydrogen-bond donors (Lipinski definition) is 1. The van der Waals surface area contributed by atoms with E-state index in [4.69, 9.17) is 4.74 Å². The second-order valence-corrected chi connectivity index (χ2v) is 6.46. The molecule has 0 radical (unpaired) electrons. The first-order valence-electron chi connectivity index (χ1n) is 7.49. The number of amides is 1. The molecular weight excluding hydrogens is 258 g/mol. The highest BCUT2D eigenvalue weighted by atomic mass is 16.5. The number of carboxylic acids is 1. The smallest absolute Gasteiger partial charge is 0.329 e. The van der Waals surface area contributed by atoms with Gasteiger partial charge in [-0.1, -0.05) is 6.92 Å². The van der Waals surface area contributed by atoms with Gasteiger partial charge in [-0.2, -0.15) is 0 Å². The molecule has 5 unspecified atom stereocenters. The molecule has 1 N–H and O–H groups in total. The Morgan fingerprint density at radius 1 is 1.20 bits per heavy atom. The van der Waals surface area contributed by atoms with Gasteiger partial charge < -0.3 is 14.7 Å². The van der Waals surface area contributed by atoms with E-state index in [1.807, 2.05) is 20.8 Å². The fourth-order valence-corrected chi connectivity index (χ4v) is 3.57. The minimum atomic E-state index is -1.07. The van der Waals surface area contributed by atoms with Crippen LogP contribution in [0.15, 0.2) is 0 Å². The van der Waals surface area contributed by atoms with E-state index in [0.29, 0.717) is 13.0 Å². The first-order chi connectivity index (χ1) is 9.29. The maximum atomic E-state index is 12.9. The van der Waals surface area contributed by atoms with Crippen LogP contribution in [0.1, 0.15) is 47.0 Å². The van der Waals surface area contributed by atoms with Crippen molar-refractivity contribution in [2.24, 2.45) is 11.8 Å². The Hall–Kier alpha value is -1.10. The molecule has 0 saturated carbocycles. The Kier molecular flexibility index (Phi) is 4.09. The molecule has 2 heterocycles. The van der Waals surface area contributed by atoms with Crippen LogP contribution in [0.3, 0.4) is 0 Å². The number of carboxylic acid groups (broad SMARTS) is 1. The summed E-state index contributed by atoms with van der Waals surface area (Å²) in [5.74, 6) is -1.07. The van der Waals surface area contributed by atoms with Crippen molar-refractivity contribution < 1.29 is 19.4 Å². The summed E-state index contributed by atoms with van der Waals surface area (Å²) in [5, 5.41) is 9.52. The molecule has 0 bridgehead atoms. The normalized spacial score (nSPS) is 41.7. The molecule has 2 saturated heterocycles. The molecule has 0 spiro atoms. The lowest BCUT2D eigenvalue weighted by Gasteiger charge is -2.43. The van der Waals surface area contributed by atoms with E-state index < -0.39 is 11.5 Å². The van der Waals surface area contributed by atoms with Crippen molar-refractivity contribution in [2.45, 2.75) is 64.7 Å². The monoisotopic (exact) mass is 283 g/mol. The number of hydrogen-bond acceptors (Lipinski definition) is 3. The van der Waals surface area contributed by atoms with Crippen molar-refractivity contribution in [2.75, 3.05) is 6.54 Å². The van der Waals surface area contributed by atoms with Gasteiger partial charge in [0.25, 0.3) is 0 Å². The highest BCUT2D eigenvalue weighted by molar-refractivity contribution is 5.88. The van der Waals surface area contributed by atoms with E-state index in [1.54, 1.807) is 11.8 Å². The van der Waals surface area contributed by atoms with Gasteiger partial charge in [-0.05, 0) is 46.0 Å². The zero-order chi connectivity index (χ0) is 15.1. The van der Waals surface area contributed by atoms with Crippen LogP contribution in [0.25, 0.3) is 0 Å². The molecule has 0 aromatic rings. The molecule has 5 atom stereocenters. The Bertz CT molecular complexity index is 411. The van der Waals surface area contributed by atoms with Crippen LogP contribution < -0.4 is 0 Å². The molecule has 0 aliphatic carbocycles. The van der Waals surface area contributed by atoms with E-state index in [1.165, 1.54) is 0 Å². The minimum absolute atomic E-state index is 0.0415. The summed E-state index contributed by atoms with van der Waals surface area (Å²) < 4.78 is 5.73. The third-order valence-electron chi connectivity index (χ3n) is 5.14. The Morgan fingerprint density at radius 2 is 1.85 bits per heavy atom. The second kappa shape index (κ2) is 5.35. The SMILES string of the molecule is CC1OC(C)C(C(=O)N2CCCCC2(C)C(=O)O)C1C. The summed E-state index contributed by atoms with van der Waals surface area (Å²) in [5.41, 5.74) is -1.07. The van der Waals surface area contributed by atoms with Crippen molar-refractivity contribution in [1.82, 2.24) is 4.90 Å². The number of piperidine rings is 1. The van der Waals surface area contributed by atoms with Crippen molar-refractivity contribution in [3.05, 3.63) is 0 Å². The highest BCUT2D eigenvalue weighted by Gasteiger charge is 2.50. The van der Waals surface area contributed by atoms with Crippen LogP contribution in [-0.2, 0) is 14.3 Å². The maximum absolute atomic E-state index is 12.9. The number of likely N-dealkylation sites (tertiary alicyclic amines) is 1. The Balaban J connectivity index is 2.25. The molecule has 0 aromatic heterocycles. The first-order valence-corrected chi connectivity index (χ1v) is 7.49. The molecule has 114 valence electrons. The van der Waals surface area contributed by atoms with Crippen LogP contribution in [0.2, 0.25) is 0 Å². The highest BCUT2D eigenvalue weighted by Crippen LogP contribution is 2.37. The molecule has 0 aromatic carbocycles. The number of carbonyl (C=O) groups is 2. The molecule has 1 amide bonds. The summed E-state index contributed by atoms with van der Waals surface area (Å²) in [6, 6.07) is 0. The van der Waals surface area contributed by atoms with E-state index >= 15 is 0 Å². The van der Waals surface area contributed by atoms with Crippen LogP contribution in [0, 0.1) is 11.8 Å². The number of ether oxygens (including phenoxy) is 1. The van der Waals surface area contributed by atoms with Crippen LogP contribution >= 0.6 is 0 Å². The molecule has 2 aliphatic heterocycles. The minimum Gasteiger partial charge on any atom is -0.480 e. The number of rotatable bonds is 2. The lowest BCUT2D eigenvalue weighted by Crippen LogP contribution is -2.59. The summed E-state index contributed by atoms with van der Waals surface area (Å²) in [4.78, 5) is 26.1. The molecular formula is C15H25NO4. The van der Waals surface area contributed by atoms with Crippen molar-refractivity contribution >= 4 is 11.9 Å². The number of carbonyl (C=O) groups excluding carboxylic acids is 1. The third-order valence-corrected chi connectivity index (χ3v) is 5.14. The summed E-state index contributed by atoms with van der Waals surface area (Å²) in [6.07, 6.45) is 2.16. The zero-order valence-electron chi connectivity index (χ0n) is 12.8. The molecule has 2 rings (SSSR count).